The van der Waals surface area contributed by atoms with Crippen LogP contribution in [0.1, 0.15) is 43.7 Å². The molecule has 0 radical (unpaired) electrons. The Bertz CT molecular complexity index is 349. The van der Waals surface area contributed by atoms with Gasteiger partial charge in [-0.2, -0.15) is 11.3 Å². The van der Waals surface area contributed by atoms with E-state index in [0.29, 0.717) is 6.04 Å². The number of likely N-dealkylation sites (tertiary alicyclic amines) is 1. The first kappa shape index (κ1) is 11.7. The van der Waals surface area contributed by atoms with Crippen LogP contribution in [0.3, 0.4) is 0 Å². The molecule has 1 aliphatic carbocycles. The third-order valence-corrected chi connectivity index (χ3v) is 5.29. The number of thiophene rings is 1. The third kappa shape index (κ3) is 2.16. The first-order valence-electron chi connectivity index (χ1n) is 6.88. The average Bonchev–Trinajstić information content (AvgIpc) is 3.00. The zero-order chi connectivity index (χ0) is 11.7. The van der Waals surface area contributed by atoms with E-state index < -0.39 is 0 Å². The molecule has 2 fully saturated rings. The van der Waals surface area contributed by atoms with Gasteiger partial charge in [0.05, 0.1) is 0 Å². The number of hydrogen-bond donors (Lipinski definition) is 1. The molecule has 0 amide bonds. The molecule has 94 valence electrons. The molecule has 1 saturated heterocycles. The van der Waals surface area contributed by atoms with Crippen molar-refractivity contribution in [2.24, 2.45) is 11.7 Å². The van der Waals surface area contributed by atoms with E-state index in [4.69, 9.17) is 5.73 Å². The van der Waals surface area contributed by atoms with Crippen molar-refractivity contribution in [3.63, 3.8) is 0 Å². The highest BCUT2D eigenvalue weighted by atomic mass is 32.1. The summed E-state index contributed by atoms with van der Waals surface area (Å²) >= 11 is 1.79. The van der Waals surface area contributed by atoms with Crippen molar-refractivity contribution in [1.82, 2.24) is 4.90 Å². The van der Waals surface area contributed by atoms with Crippen LogP contribution in [-0.2, 0) is 0 Å². The summed E-state index contributed by atoms with van der Waals surface area (Å²) in [5.41, 5.74) is 7.48. The monoisotopic (exact) mass is 250 g/mol. The molecule has 0 spiro atoms. The highest BCUT2D eigenvalue weighted by molar-refractivity contribution is 7.07. The van der Waals surface area contributed by atoms with E-state index in [2.05, 4.69) is 21.7 Å². The van der Waals surface area contributed by atoms with Gasteiger partial charge in [-0.05, 0) is 60.5 Å². The Balaban J connectivity index is 1.81. The maximum Gasteiger partial charge on any atom is 0.0481 e. The number of rotatable bonds is 3. The Morgan fingerprint density at radius 1 is 1.35 bits per heavy atom. The molecule has 2 nitrogen and oxygen atoms in total. The van der Waals surface area contributed by atoms with Gasteiger partial charge in [-0.15, -0.1) is 0 Å². The van der Waals surface area contributed by atoms with Crippen molar-refractivity contribution in [2.75, 3.05) is 13.1 Å². The minimum absolute atomic E-state index is 0.465. The molecule has 2 aliphatic rings. The summed E-state index contributed by atoms with van der Waals surface area (Å²) in [4.78, 5) is 2.71. The summed E-state index contributed by atoms with van der Waals surface area (Å²) in [5, 5.41) is 4.45. The van der Waals surface area contributed by atoms with Crippen molar-refractivity contribution in [3.05, 3.63) is 22.4 Å². The second-order valence-corrected chi connectivity index (χ2v) is 6.23. The molecule has 2 N–H and O–H groups in total. The van der Waals surface area contributed by atoms with Crippen molar-refractivity contribution in [3.8, 4) is 0 Å². The highest BCUT2D eigenvalue weighted by Crippen LogP contribution is 2.40. The van der Waals surface area contributed by atoms with Crippen LogP contribution in [0.4, 0.5) is 0 Å². The minimum atomic E-state index is 0.465. The molecule has 17 heavy (non-hydrogen) atoms. The maximum absolute atomic E-state index is 6.04. The Morgan fingerprint density at radius 3 is 3.00 bits per heavy atom. The highest BCUT2D eigenvalue weighted by Gasteiger charge is 2.38. The number of nitrogens with zero attached hydrogens (tertiary/aromatic N) is 1. The molecule has 0 aromatic carbocycles. The van der Waals surface area contributed by atoms with E-state index in [9.17, 15) is 0 Å². The Morgan fingerprint density at radius 2 is 2.24 bits per heavy atom. The molecule has 3 unspecified atom stereocenters. The molecular formula is C14H22N2S. The van der Waals surface area contributed by atoms with Gasteiger partial charge >= 0.3 is 0 Å². The fourth-order valence-electron chi connectivity index (χ4n) is 3.81. The zero-order valence-electron chi connectivity index (χ0n) is 10.3. The minimum Gasteiger partial charge on any atom is -0.329 e. The lowest BCUT2D eigenvalue weighted by Crippen LogP contribution is -2.46. The Kier molecular flexibility index (Phi) is 3.50. The second kappa shape index (κ2) is 5.09. The van der Waals surface area contributed by atoms with Crippen LogP contribution in [0.15, 0.2) is 16.8 Å². The van der Waals surface area contributed by atoms with Crippen LogP contribution < -0.4 is 5.73 Å². The van der Waals surface area contributed by atoms with Gasteiger partial charge in [0, 0.05) is 18.6 Å². The molecule has 1 aliphatic heterocycles. The maximum atomic E-state index is 6.04. The lowest BCUT2D eigenvalue weighted by Gasteiger charge is -2.42. The molecule has 3 rings (SSSR count). The molecule has 1 aromatic rings. The summed E-state index contributed by atoms with van der Waals surface area (Å²) < 4.78 is 0. The predicted molar refractivity (Wildman–Crippen MR) is 73.2 cm³/mol. The molecule has 2 heterocycles. The van der Waals surface area contributed by atoms with Gasteiger partial charge in [0.1, 0.15) is 0 Å². The van der Waals surface area contributed by atoms with E-state index in [1.165, 1.54) is 44.2 Å². The van der Waals surface area contributed by atoms with Crippen LogP contribution in [0.2, 0.25) is 0 Å². The number of piperidine rings is 1. The number of fused-ring (bicyclic) bond motifs is 1. The Labute approximate surface area is 108 Å². The lowest BCUT2D eigenvalue weighted by atomic mass is 9.89. The molecule has 0 bridgehead atoms. The summed E-state index contributed by atoms with van der Waals surface area (Å²) in [5.74, 6) is 0.955. The number of nitrogens with two attached hydrogens (primary N) is 1. The van der Waals surface area contributed by atoms with Crippen molar-refractivity contribution in [1.29, 1.82) is 0 Å². The van der Waals surface area contributed by atoms with E-state index in [-0.39, 0.29) is 0 Å². The second-order valence-electron chi connectivity index (χ2n) is 5.45. The molecule has 1 aromatic heterocycles. The van der Waals surface area contributed by atoms with Crippen molar-refractivity contribution in [2.45, 2.75) is 44.2 Å². The fourth-order valence-corrected chi connectivity index (χ4v) is 4.51. The SMILES string of the molecule is NCC(c1ccsc1)N1CCCC2CCCC21. The van der Waals surface area contributed by atoms with Gasteiger partial charge < -0.3 is 5.73 Å². The largest absolute Gasteiger partial charge is 0.329 e. The van der Waals surface area contributed by atoms with Crippen LogP contribution >= 0.6 is 11.3 Å². The first-order chi connectivity index (χ1) is 8.40. The van der Waals surface area contributed by atoms with Gasteiger partial charge in [-0.1, -0.05) is 6.42 Å². The summed E-state index contributed by atoms with van der Waals surface area (Å²) in [6.45, 7) is 2.01. The molecule has 1 saturated carbocycles. The summed E-state index contributed by atoms with van der Waals surface area (Å²) in [7, 11) is 0. The zero-order valence-corrected chi connectivity index (χ0v) is 11.2. The third-order valence-electron chi connectivity index (χ3n) is 4.59. The summed E-state index contributed by atoms with van der Waals surface area (Å²) in [6, 6.07) is 3.53. The smallest absolute Gasteiger partial charge is 0.0481 e. The van der Waals surface area contributed by atoms with Crippen LogP contribution in [-0.4, -0.2) is 24.0 Å². The van der Waals surface area contributed by atoms with E-state index in [0.717, 1.165) is 18.5 Å². The molecule has 3 heteroatoms. The van der Waals surface area contributed by atoms with Crippen LogP contribution in [0.5, 0.6) is 0 Å². The van der Waals surface area contributed by atoms with Crippen molar-refractivity contribution >= 4 is 11.3 Å². The summed E-state index contributed by atoms with van der Waals surface area (Å²) in [6.07, 6.45) is 7.07. The lowest BCUT2D eigenvalue weighted by molar-refractivity contribution is 0.0703. The number of hydrogen-bond acceptors (Lipinski definition) is 3. The van der Waals surface area contributed by atoms with Crippen LogP contribution in [0, 0.1) is 5.92 Å². The van der Waals surface area contributed by atoms with Gasteiger partial charge in [0.15, 0.2) is 0 Å². The molecule has 3 atom stereocenters. The predicted octanol–water partition coefficient (Wildman–Crippen LogP) is 3.01. The van der Waals surface area contributed by atoms with Crippen LogP contribution in [0.25, 0.3) is 0 Å². The Hall–Kier alpha value is -0.380. The van der Waals surface area contributed by atoms with Gasteiger partial charge in [-0.3, -0.25) is 4.90 Å². The molecular weight excluding hydrogens is 228 g/mol. The van der Waals surface area contributed by atoms with E-state index in [1.807, 2.05) is 0 Å². The quantitative estimate of drug-likeness (QED) is 0.893. The van der Waals surface area contributed by atoms with Gasteiger partial charge in [-0.25, -0.2) is 0 Å². The first-order valence-corrected chi connectivity index (χ1v) is 7.82. The fraction of sp³-hybridized carbons (Fsp3) is 0.714. The topological polar surface area (TPSA) is 29.3 Å². The van der Waals surface area contributed by atoms with Crippen molar-refractivity contribution < 1.29 is 0 Å². The normalized spacial score (nSPS) is 31.4. The van der Waals surface area contributed by atoms with Gasteiger partial charge in [0.2, 0.25) is 0 Å². The standard InChI is InChI=1S/C14H22N2S/c15-9-14(12-6-8-17-10-12)16-7-2-4-11-3-1-5-13(11)16/h6,8,10-11,13-14H,1-5,7,9,15H2. The van der Waals surface area contributed by atoms with E-state index >= 15 is 0 Å². The van der Waals surface area contributed by atoms with E-state index in [1.54, 1.807) is 11.3 Å². The van der Waals surface area contributed by atoms with Gasteiger partial charge in [0.25, 0.3) is 0 Å². The average molecular weight is 250 g/mol.